The first-order valence-electron chi connectivity index (χ1n) is 7.54. The first kappa shape index (κ1) is 13.3. The second kappa shape index (κ2) is 5.36. The van der Waals surface area contributed by atoms with Gasteiger partial charge in [0.05, 0.1) is 0 Å². The fourth-order valence-electron chi connectivity index (χ4n) is 3.21. The number of halogens is 1. The second-order valence-corrected chi connectivity index (χ2v) is 6.49. The van der Waals surface area contributed by atoms with E-state index in [9.17, 15) is 0 Å². The van der Waals surface area contributed by atoms with Crippen LogP contribution in [0.2, 0.25) is 0 Å². The summed E-state index contributed by atoms with van der Waals surface area (Å²) in [6.07, 6.45) is 5.46. The number of ether oxygens (including phenoxy) is 1. The van der Waals surface area contributed by atoms with Crippen molar-refractivity contribution in [2.24, 2.45) is 11.8 Å². The minimum absolute atomic E-state index is 0.249. The molecule has 2 saturated carbocycles. The Bertz CT molecular complexity index is 412. The minimum Gasteiger partial charge on any atom is -0.477 e. The van der Waals surface area contributed by atoms with Crippen LogP contribution >= 0.6 is 11.6 Å². The molecule has 3 rings (SSSR count). The lowest BCUT2D eigenvalue weighted by molar-refractivity contribution is 0.370. The molecule has 2 aliphatic carbocycles. The van der Waals surface area contributed by atoms with E-state index in [1.54, 1.807) is 0 Å². The van der Waals surface area contributed by atoms with Crippen molar-refractivity contribution in [2.75, 3.05) is 6.07 Å². The van der Waals surface area contributed by atoms with Crippen molar-refractivity contribution in [1.82, 2.24) is 0 Å². The van der Waals surface area contributed by atoms with Gasteiger partial charge in [-0.1, -0.05) is 43.6 Å². The number of hydrogen-bond donors (Lipinski definition) is 0. The van der Waals surface area contributed by atoms with E-state index >= 15 is 0 Å². The van der Waals surface area contributed by atoms with E-state index < -0.39 is 0 Å². The monoisotopic (exact) mass is 278 g/mol. The molecule has 0 amide bonds. The lowest BCUT2D eigenvalue weighted by Crippen LogP contribution is -2.07. The van der Waals surface area contributed by atoms with Crippen LogP contribution in [0.5, 0.6) is 5.75 Å². The maximum atomic E-state index is 5.86. The van der Waals surface area contributed by atoms with Gasteiger partial charge in [-0.2, -0.15) is 0 Å². The van der Waals surface area contributed by atoms with Gasteiger partial charge in [0, 0.05) is 0 Å². The van der Waals surface area contributed by atoms with E-state index in [4.69, 9.17) is 16.3 Å². The van der Waals surface area contributed by atoms with E-state index in [1.807, 2.05) is 0 Å². The second-order valence-electron chi connectivity index (χ2n) is 6.27. The molecule has 0 radical (unpaired) electrons. The predicted octanol–water partition coefficient (Wildman–Crippen LogP) is 5.29. The van der Waals surface area contributed by atoms with E-state index in [0.29, 0.717) is 11.8 Å². The zero-order valence-electron chi connectivity index (χ0n) is 11.9. The molecule has 0 bridgehead atoms. The Kier molecular flexibility index (Phi) is 3.75. The van der Waals surface area contributed by atoms with Crippen LogP contribution in [0.1, 0.15) is 62.5 Å². The van der Waals surface area contributed by atoms with Crippen LogP contribution in [0.3, 0.4) is 0 Å². The smallest absolute Gasteiger partial charge is 0.162 e. The Balaban J connectivity index is 1.95. The third-order valence-electron chi connectivity index (χ3n) is 4.91. The average molecular weight is 279 g/mol. The molecule has 1 aromatic carbocycles. The summed E-state index contributed by atoms with van der Waals surface area (Å²) in [7, 11) is 0. The summed E-state index contributed by atoms with van der Waals surface area (Å²) in [6.45, 7) is 4.67. The van der Waals surface area contributed by atoms with Crippen molar-refractivity contribution in [3.8, 4) is 5.75 Å². The van der Waals surface area contributed by atoms with Crippen LogP contribution in [-0.4, -0.2) is 6.07 Å². The highest BCUT2D eigenvalue weighted by molar-refractivity contribution is 6.17. The van der Waals surface area contributed by atoms with Crippen molar-refractivity contribution in [3.05, 3.63) is 29.3 Å². The molecule has 0 heterocycles. The topological polar surface area (TPSA) is 9.23 Å². The molecule has 2 fully saturated rings. The summed E-state index contributed by atoms with van der Waals surface area (Å²) in [4.78, 5) is 0. The van der Waals surface area contributed by atoms with Crippen LogP contribution in [0.4, 0.5) is 0 Å². The number of rotatable bonds is 6. The Morgan fingerprint density at radius 1 is 1.05 bits per heavy atom. The van der Waals surface area contributed by atoms with Gasteiger partial charge in [0.15, 0.2) is 6.07 Å². The molecule has 0 aromatic heterocycles. The third-order valence-corrected chi connectivity index (χ3v) is 5.02. The fourth-order valence-corrected chi connectivity index (χ4v) is 3.32. The van der Waals surface area contributed by atoms with E-state index in [1.165, 1.54) is 36.8 Å². The molecule has 0 saturated heterocycles. The molecule has 0 spiro atoms. The number of hydrogen-bond acceptors (Lipinski definition) is 1. The van der Waals surface area contributed by atoms with Gasteiger partial charge in [-0.15, -0.1) is 0 Å². The van der Waals surface area contributed by atoms with Gasteiger partial charge in [-0.05, 0) is 60.5 Å². The molecule has 2 atom stereocenters. The molecular weight excluding hydrogens is 256 g/mol. The van der Waals surface area contributed by atoms with Gasteiger partial charge in [0.25, 0.3) is 0 Å². The van der Waals surface area contributed by atoms with E-state index in [0.717, 1.165) is 17.6 Å². The SMILES string of the molecule is CC(c1cccc(C(C)C2CC2)c1OCCl)C1CC1. The normalized spacial score (nSPS) is 22.1. The van der Waals surface area contributed by atoms with Crippen LogP contribution in [0.25, 0.3) is 0 Å². The highest BCUT2D eigenvalue weighted by Crippen LogP contribution is 2.49. The first-order chi connectivity index (χ1) is 9.22. The summed E-state index contributed by atoms with van der Waals surface area (Å²) in [5.74, 6) is 3.98. The highest BCUT2D eigenvalue weighted by Gasteiger charge is 2.34. The van der Waals surface area contributed by atoms with E-state index in [2.05, 4.69) is 32.0 Å². The molecule has 2 heteroatoms. The lowest BCUT2D eigenvalue weighted by Gasteiger charge is -2.22. The Morgan fingerprint density at radius 3 is 1.89 bits per heavy atom. The zero-order valence-corrected chi connectivity index (χ0v) is 12.6. The van der Waals surface area contributed by atoms with Gasteiger partial charge in [0.1, 0.15) is 5.75 Å². The molecule has 1 nitrogen and oxygen atoms in total. The van der Waals surface area contributed by atoms with Crippen LogP contribution in [-0.2, 0) is 0 Å². The van der Waals surface area contributed by atoms with Crippen molar-refractivity contribution in [2.45, 2.75) is 51.4 Å². The highest BCUT2D eigenvalue weighted by atomic mass is 35.5. The molecule has 19 heavy (non-hydrogen) atoms. The van der Waals surface area contributed by atoms with Crippen LogP contribution in [0.15, 0.2) is 18.2 Å². The van der Waals surface area contributed by atoms with Gasteiger partial charge >= 0.3 is 0 Å². The van der Waals surface area contributed by atoms with E-state index in [-0.39, 0.29) is 6.07 Å². The molecule has 2 aliphatic rings. The van der Waals surface area contributed by atoms with Crippen molar-refractivity contribution in [3.63, 3.8) is 0 Å². The number of benzene rings is 1. The Morgan fingerprint density at radius 2 is 1.53 bits per heavy atom. The van der Waals surface area contributed by atoms with Crippen LogP contribution < -0.4 is 4.74 Å². The van der Waals surface area contributed by atoms with Gasteiger partial charge in [-0.25, -0.2) is 0 Å². The minimum atomic E-state index is 0.249. The summed E-state index contributed by atoms with van der Waals surface area (Å²) in [5, 5.41) is 0. The maximum absolute atomic E-state index is 5.86. The summed E-state index contributed by atoms with van der Waals surface area (Å²) >= 11 is 5.86. The van der Waals surface area contributed by atoms with Gasteiger partial charge in [-0.3, -0.25) is 0 Å². The largest absolute Gasteiger partial charge is 0.477 e. The first-order valence-corrected chi connectivity index (χ1v) is 8.07. The summed E-state index contributed by atoms with van der Waals surface area (Å²) < 4.78 is 5.83. The maximum Gasteiger partial charge on any atom is 0.162 e. The third kappa shape index (κ3) is 2.76. The quantitative estimate of drug-likeness (QED) is 0.643. The van der Waals surface area contributed by atoms with Gasteiger partial charge in [0.2, 0.25) is 0 Å². The number of alkyl halides is 1. The van der Waals surface area contributed by atoms with Gasteiger partial charge < -0.3 is 4.74 Å². The fraction of sp³-hybridized carbons (Fsp3) is 0.647. The predicted molar refractivity (Wildman–Crippen MR) is 80.1 cm³/mol. The number of para-hydroxylation sites is 1. The summed E-state index contributed by atoms with van der Waals surface area (Å²) in [5.41, 5.74) is 2.74. The molecule has 2 unspecified atom stereocenters. The molecular formula is C17H23ClO. The Labute approximate surface area is 121 Å². The zero-order chi connectivity index (χ0) is 13.4. The van der Waals surface area contributed by atoms with Crippen LogP contribution in [0, 0.1) is 11.8 Å². The molecule has 104 valence electrons. The van der Waals surface area contributed by atoms with Crippen molar-refractivity contribution in [1.29, 1.82) is 0 Å². The standard InChI is InChI=1S/C17H23ClO/c1-11(13-6-7-13)15-4-3-5-16(17(15)19-10-18)12(2)14-8-9-14/h3-5,11-14H,6-10H2,1-2H3. The molecule has 0 N–H and O–H groups in total. The lowest BCUT2D eigenvalue weighted by atomic mass is 9.88. The average Bonchev–Trinajstić information content (AvgIpc) is 3.31. The molecule has 0 aliphatic heterocycles. The summed E-state index contributed by atoms with van der Waals surface area (Å²) in [6, 6.07) is 6.91. The molecule has 1 aromatic rings. The van der Waals surface area contributed by atoms with Crippen molar-refractivity contribution < 1.29 is 4.74 Å². The van der Waals surface area contributed by atoms with Crippen molar-refractivity contribution >= 4 is 11.6 Å². The Hall–Kier alpha value is -0.690.